The summed E-state index contributed by atoms with van der Waals surface area (Å²) in [5.41, 5.74) is 1.02. The van der Waals surface area contributed by atoms with Gasteiger partial charge in [0, 0.05) is 24.3 Å². The van der Waals surface area contributed by atoms with Gasteiger partial charge in [-0.25, -0.2) is 18.1 Å². The van der Waals surface area contributed by atoms with Crippen molar-refractivity contribution < 1.29 is 22.7 Å². The van der Waals surface area contributed by atoms with Crippen LogP contribution in [0.2, 0.25) is 10.0 Å². The minimum absolute atomic E-state index is 0.00925. The van der Waals surface area contributed by atoms with E-state index in [2.05, 4.69) is 20.7 Å². The molecule has 178 valence electrons. The zero-order valence-electron chi connectivity index (χ0n) is 18.0. The maximum Gasteiger partial charge on any atom is 0.274 e. The number of aromatic nitrogens is 3. The molecule has 1 aliphatic heterocycles. The topological polar surface area (TPSA) is 132 Å². The molecule has 0 radical (unpaired) electrons. The summed E-state index contributed by atoms with van der Waals surface area (Å²) in [4.78, 5) is 29.9. The van der Waals surface area contributed by atoms with E-state index in [1.807, 2.05) is 0 Å². The summed E-state index contributed by atoms with van der Waals surface area (Å²) in [6.45, 7) is 1.70. The Morgan fingerprint density at radius 3 is 2.56 bits per heavy atom. The van der Waals surface area contributed by atoms with Crippen LogP contribution in [0.25, 0.3) is 5.82 Å². The summed E-state index contributed by atoms with van der Waals surface area (Å²) < 4.78 is 29.8. The number of anilines is 1. The van der Waals surface area contributed by atoms with Gasteiger partial charge in [0.15, 0.2) is 15.7 Å². The number of nitrogens with zero attached hydrogens (tertiary/aromatic N) is 3. The van der Waals surface area contributed by atoms with Crippen molar-refractivity contribution in [2.45, 2.75) is 13.0 Å². The third-order valence-electron chi connectivity index (χ3n) is 5.04. The maximum atomic E-state index is 13.3. The lowest BCUT2D eigenvalue weighted by molar-refractivity contribution is 0.0964. The predicted octanol–water partition coefficient (Wildman–Crippen LogP) is 2.67. The van der Waals surface area contributed by atoms with Crippen LogP contribution in [-0.2, 0) is 9.84 Å². The van der Waals surface area contributed by atoms with E-state index >= 15 is 0 Å². The lowest BCUT2D eigenvalue weighted by atomic mass is 10.1. The smallest absolute Gasteiger partial charge is 0.274 e. The number of nitrogens with one attached hydrogen (secondary N) is 2. The van der Waals surface area contributed by atoms with Crippen LogP contribution < -0.4 is 15.4 Å². The molecule has 0 aliphatic carbocycles. The van der Waals surface area contributed by atoms with Gasteiger partial charge in [-0.1, -0.05) is 23.2 Å². The second-order valence-corrected chi connectivity index (χ2v) is 10.6. The van der Waals surface area contributed by atoms with E-state index in [1.165, 1.54) is 30.1 Å². The van der Waals surface area contributed by atoms with Gasteiger partial charge in [-0.3, -0.25) is 9.59 Å². The molecular formula is C21H19Cl2N5O5S. The number of hydrogen-bond donors (Lipinski definition) is 2. The minimum Gasteiger partial charge on any atom is -0.471 e. The van der Waals surface area contributed by atoms with Crippen molar-refractivity contribution in [3.05, 3.63) is 63.4 Å². The first-order valence-corrected chi connectivity index (χ1v) is 12.6. The molecule has 0 atom stereocenters. The molecule has 0 bridgehead atoms. The summed E-state index contributed by atoms with van der Waals surface area (Å²) in [6, 6.07) is 7.62. The van der Waals surface area contributed by atoms with E-state index in [4.69, 9.17) is 27.9 Å². The standard InChI is InChI=1S/C21H19Cl2N5O5S/c1-11-6-12(22)7-14(20(29)24-2)18(11)26-21(30)16-8-17(33-13-9-34(31,32)10-13)27-28(16)19-15(23)4-3-5-25-19/h3-8,13H,9-10H2,1-2H3,(H,24,29)(H,26,30). The first-order chi connectivity index (χ1) is 16.1. The van der Waals surface area contributed by atoms with E-state index in [-0.39, 0.29) is 45.2 Å². The zero-order valence-corrected chi connectivity index (χ0v) is 20.3. The lowest BCUT2D eigenvalue weighted by Gasteiger charge is -2.25. The molecule has 10 nitrogen and oxygen atoms in total. The van der Waals surface area contributed by atoms with Crippen molar-refractivity contribution in [3.8, 4) is 11.7 Å². The third-order valence-corrected chi connectivity index (χ3v) is 7.31. The first kappa shape index (κ1) is 24.0. The third kappa shape index (κ3) is 4.86. The van der Waals surface area contributed by atoms with Crippen LogP contribution in [0.5, 0.6) is 5.88 Å². The van der Waals surface area contributed by atoms with Crippen molar-refractivity contribution in [3.63, 3.8) is 0 Å². The molecule has 2 amide bonds. The highest BCUT2D eigenvalue weighted by Crippen LogP contribution is 2.28. The molecule has 3 heterocycles. The number of rotatable bonds is 6. The molecule has 1 fully saturated rings. The molecule has 13 heteroatoms. The Balaban J connectivity index is 1.73. The minimum atomic E-state index is -3.11. The van der Waals surface area contributed by atoms with Crippen molar-refractivity contribution in [2.75, 3.05) is 23.9 Å². The van der Waals surface area contributed by atoms with Crippen LogP contribution in [0.1, 0.15) is 26.4 Å². The number of carbonyl (C=O) groups is 2. The van der Waals surface area contributed by atoms with Crippen molar-refractivity contribution >= 4 is 50.5 Å². The Morgan fingerprint density at radius 1 is 1.18 bits per heavy atom. The second-order valence-electron chi connectivity index (χ2n) is 7.58. The highest BCUT2D eigenvalue weighted by atomic mass is 35.5. The summed E-state index contributed by atoms with van der Waals surface area (Å²) in [6.07, 6.45) is 0.915. The molecule has 0 unspecified atom stereocenters. The number of sulfone groups is 1. The summed E-state index contributed by atoms with van der Waals surface area (Å²) in [7, 11) is -1.65. The summed E-state index contributed by atoms with van der Waals surface area (Å²) in [5.74, 6) is -1.12. The van der Waals surface area contributed by atoms with Crippen LogP contribution in [-0.4, -0.2) is 59.7 Å². The zero-order chi connectivity index (χ0) is 24.6. The molecule has 4 rings (SSSR count). The molecule has 3 aromatic rings. The fourth-order valence-electron chi connectivity index (χ4n) is 3.43. The number of amides is 2. The molecule has 0 spiro atoms. The van der Waals surface area contributed by atoms with Gasteiger partial charge < -0.3 is 15.4 Å². The van der Waals surface area contributed by atoms with Crippen LogP contribution in [0.3, 0.4) is 0 Å². The number of ether oxygens (including phenoxy) is 1. The van der Waals surface area contributed by atoms with Crippen molar-refractivity contribution in [2.24, 2.45) is 0 Å². The highest BCUT2D eigenvalue weighted by Gasteiger charge is 2.36. The van der Waals surface area contributed by atoms with Gasteiger partial charge in [-0.2, -0.15) is 0 Å². The van der Waals surface area contributed by atoms with Gasteiger partial charge in [0.05, 0.1) is 27.8 Å². The van der Waals surface area contributed by atoms with Gasteiger partial charge >= 0.3 is 0 Å². The number of pyridine rings is 1. The SMILES string of the molecule is CNC(=O)c1cc(Cl)cc(C)c1NC(=O)c1cc(OC2CS(=O)(=O)C2)nn1-c1ncccc1Cl. The Hall–Kier alpha value is -3.15. The monoisotopic (exact) mass is 523 g/mol. The molecule has 2 aromatic heterocycles. The Morgan fingerprint density at radius 2 is 1.91 bits per heavy atom. The molecule has 34 heavy (non-hydrogen) atoms. The van der Waals surface area contributed by atoms with E-state index in [0.29, 0.717) is 10.6 Å². The first-order valence-electron chi connectivity index (χ1n) is 9.99. The second kappa shape index (κ2) is 9.24. The predicted molar refractivity (Wildman–Crippen MR) is 127 cm³/mol. The molecule has 1 aliphatic rings. The average molecular weight is 524 g/mol. The van der Waals surface area contributed by atoms with E-state index in [0.717, 1.165) is 0 Å². The molecule has 1 aromatic carbocycles. The summed E-state index contributed by atoms with van der Waals surface area (Å²) in [5, 5.41) is 10.1. The van der Waals surface area contributed by atoms with E-state index in [9.17, 15) is 18.0 Å². The fraction of sp³-hybridized carbons (Fsp3) is 0.238. The van der Waals surface area contributed by atoms with Crippen molar-refractivity contribution in [1.29, 1.82) is 0 Å². The molecular weight excluding hydrogens is 505 g/mol. The Labute approximate surface area is 205 Å². The van der Waals surface area contributed by atoms with Crippen LogP contribution in [0.4, 0.5) is 5.69 Å². The molecule has 0 saturated carbocycles. The van der Waals surface area contributed by atoms with Crippen LogP contribution in [0, 0.1) is 6.92 Å². The van der Waals surface area contributed by atoms with Crippen LogP contribution >= 0.6 is 23.2 Å². The van der Waals surface area contributed by atoms with Gasteiger partial charge in [0.25, 0.3) is 11.8 Å². The largest absolute Gasteiger partial charge is 0.471 e. The normalized spacial score (nSPS) is 14.8. The van der Waals surface area contributed by atoms with E-state index < -0.39 is 27.8 Å². The van der Waals surface area contributed by atoms with Crippen molar-refractivity contribution in [1.82, 2.24) is 20.1 Å². The van der Waals surface area contributed by atoms with Gasteiger partial charge in [-0.15, -0.1) is 5.10 Å². The van der Waals surface area contributed by atoms with Gasteiger partial charge in [-0.05, 0) is 36.8 Å². The maximum absolute atomic E-state index is 13.3. The quantitative estimate of drug-likeness (QED) is 0.507. The van der Waals surface area contributed by atoms with Crippen LogP contribution in [0.15, 0.2) is 36.5 Å². The average Bonchev–Trinajstić information content (AvgIpc) is 3.17. The Bertz CT molecular complexity index is 1390. The number of carbonyl (C=O) groups excluding carboxylic acids is 2. The fourth-order valence-corrected chi connectivity index (χ4v) is 5.08. The van der Waals surface area contributed by atoms with E-state index in [1.54, 1.807) is 25.1 Å². The number of hydrogen-bond acceptors (Lipinski definition) is 7. The molecule has 1 saturated heterocycles. The van der Waals surface area contributed by atoms with Gasteiger partial charge in [0.1, 0.15) is 11.8 Å². The Kier molecular flexibility index (Phi) is 6.52. The summed E-state index contributed by atoms with van der Waals surface area (Å²) >= 11 is 12.4. The van der Waals surface area contributed by atoms with Gasteiger partial charge in [0.2, 0.25) is 5.88 Å². The number of aryl methyl sites for hydroxylation is 1. The number of benzene rings is 1. The lowest BCUT2D eigenvalue weighted by Crippen LogP contribution is -2.45. The number of halogens is 2. The highest BCUT2D eigenvalue weighted by molar-refractivity contribution is 7.92. The molecule has 2 N–H and O–H groups in total.